The molecule has 3 aliphatic carbocycles. The topological polar surface area (TPSA) is 0 Å². The Morgan fingerprint density at radius 3 is 0.308 bits per heavy atom. The molecule has 13 heavy (non-hydrogen) atoms. The second-order valence-electron chi connectivity index (χ2n) is 3.89. The molecule has 0 N–H and O–H groups in total. The van der Waals surface area contributed by atoms with Crippen molar-refractivity contribution < 1.29 is 0 Å². The van der Waals surface area contributed by atoms with Gasteiger partial charge in [0.1, 0.15) is 0 Å². The van der Waals surface area contributed by atoms with E-state index in [2.05, 4.69) is 0 Å². The van der Waals surface area contributed by atoms with Crippen molar-refractivity contribution in [1.29, 1.82) is 0 Å². The minimum absolute atomic E-state index is 0. The molecule has 3 rings (SSSR count). The molecule has 0 heteroatoms. The van der Waals surface area contributed by atoms with E-state index in [1.165, 1.54) is 70.6 Å². The van der Waals surface area contributed by atoms with E-state index in [-0.39, 0.29) is 14.9 Å². The second-order valence-corrected chi connectivity index (χ2v) is 3.89. The van der Waals surface area contributed by atoms with Crippen LogP contribution in [0, 0.1) is 0 Å². The molecule has 0 radical (unpaired) electrons. The molecule has 0 aromatic rings. The average Bonchev–Trinajstić information content (AvgIpc) is 2.26. The third-order valence-corrected chi connectivity index (χ3v) is 2.35. The van der Waals surface area contributed by atoms with E-state index in [0.29, 0.717) is 0 Å². The van der Waals surface area contributed by atoms with E-state index in [4.69, 9.17) is 0 Å². The van der Waals surface area contributed by atoms with Gasteiger partial charge >= 0.3 is 0 Å². The lowest BCUT2D eigenvalue weighted by Gasteiger charge is -2.05. The Balaban J connectivity index is 0. The molecule has 0 aromatic heterocycles. The maximum atomic E-state index is 1.50. The van der Waals surface area contributed by atoms with Crippen LogP contribution in [0.2, 0.25) is 0 Å². The van der Waals surface area contributed by atoms with Gasteiger partial charge < -0.3 is 0 Å². The lowest BCUT2D eigenvalue weighted by atomic mass is 10.0. The zero-order chi connectivity index (χ0) is 7.78. The summed E-state index contributed by atoms with van der Waals surface area (Å²) in [4.78, 5) is 0. The first kappa shape index (κ1) is 15.5. The number of hydrogen-bond acceptors (Lipinski definition) is 0. The predicted octanol–water partition coefficient (Wildman–Crippen LogP) is 5.56. The van der Waals surface area contributed by atoms with Crippen molar-refractivity contribution in [1.82, 2.24) is 0 Å². The van der Waals surface area contributed by atoms with Crippen LogP contribution in [0.5, 0.6) is 0 Å². The van der Waals surface area contributed by atoms with Crippen LogP contribution in [0.3, 0.4) is 0 Å². The van der Waals surface area contributed by atoms with Gasteiger partial charge in [-0.1, -0.05) is 85.5 Å². The van der Waals surface area contributed by atoms with Gasteiger partial charge in [-0.2, -0.15) is 0 Å². The van der Waals surface area contributed by atoms with Crippen LogP contribution in [-0.2, 0) is 0 Å². The van der Waals surface area contributed by atoms with E-state index < -0.39 is 0 Å². The fourth-order valence-corrected chi connectivity index (χ4v) is 0.500. The van der Waals surface area contributed by atoms with Gasteiger partial charge in [0.05, 0.1) is 0 Å². The molecule has 0 saturated heterocycles. The molecule has 3 aliphatic rings. The van der Waals surface area contributed by atoms with Crippen LogP contribution in [0.1, 0.15) is 85.5 Å². The minimum Gasteiger partial charge on any atom is -0.0776 e. The van der Waals surface area contributed by atoms with Crippen LogP contribution in [0.15, 0.2) is 0 Å². The van der Waals surface area contributed by atoms with Gasteiger partial charge in [0.25, 0.3) is 0 Å². The maximum Gasteiger partial charge on any atom is -0.0533 e. The highest BCUT2D eigenvalue weighted by molar-refractivity contribution is 4.51. The molecular weight excluding hydrogens is 156 g/mol. The van der Waals surface area contributed by atoms with Gasteiger partial charge in [0.2, 0.25) is 0 Å². The van der Waals surface area contributed by atoms with Crippen molar-refractivity contribution in [3.63, 3.8) is 0 Å². The number of rotatable bonds is 0. The fraction of sp³-hybridized carbons (Fsp3) is 1.00. The van der Waals surface area contributed by atoms with Crippen molar-refractivity contribution in [2.24, 2.45) is 0 Å². The Morgan fingerprint density at radius 2 is 0.308 bits per heavy atom. The van der Waals surface area contributed by atoms with E-state index in [0.717, 1.165) is 0 Å². The standard InChI is InChI=1S/2C4H8.C3H6.2CH4/c2*1-2-4-3-1;1-2-3-1;;/h2*1-4H2;1-3H2;2*1H4. The molecule has 0 aliphatic heterocycles. The maximum absolute atomic E-state index is 1.50. The summed E-state index contributed by atoms with van der Waals surface area (Å²) in [6.07, 6.45) is 16.5. The molecule has 0 atom stereocenters. The summed E-state index contributed by atoms with van der Waals surface area (Å²) in [6, 6.07) is 0. The SMILES string of the molecule is C.C.C1CC1.C1CCC1.C1CCC1. The zero-order valence-corrected chi connectivity index (χ0v) is 7.78. The van der Waals surface area contributed by atoms with Gasteiger partial charge in [-0.3, -0.25) is 0 Å². The first-order valence-corrected chi connectivity index (χ1v) is 5.50. The molecule has 0 aromatic carbocycles. The van der Waals surface area contributed by atoms with Crippen molar-refractivity contribution in [3.05, 3.63) is 0 Å². The summed E-state index contributed by atoms with van der Waals surface area (Å²) in [6.45, 7) is 0. The molecule has 3 saturated carbocycles. The zero-order valence-electron chi connectivity index (χ0n) is 7.78. The Morgan fingerprint density at radius 1 is 0.231 bits per heavy atom. The summed E-state index contributed by atoms with van der Waals surface area (Å²) in [5, 5.41) is 0. The Hall–Kier alpha value is 0. The third-order valence-electron chi connectivity index (χ3n) is 2.35. The molecular formula is C13H30. The molecule has 0 spiro atoms. The van der Waals surface area contributed by atoms with Crippen LogP contribution in [-0.4, -0.2) is 0 Å². The highest BCUT2D eigenvalue weighted by Crippen LogP contribution is 2.15. The van der Waals surface area contributed by atoms with Gasteiger partial charge in [-0.15, -0.1) is 0 Å². The van der Waals surface area contributed by atoms with Gasteiger partial charge in [-0.25, -0.2) is 0 Å². The quantitative estimate of drug-likeness (QED) is 0.464. The highest BCUT2D eigenvalue weighted by atomic mass is 14.0. The van der Waals surface area contributed by atoms with E-state index in [9.17, 15) is 0 Å². The summed E-state index contributed by atoms with van der Waals surface area (Å²) in [7, 11) is 0. The van der Waals surface area contributed by atoms with Crippen molar-refractivity contribution in [2.45, 2.75) is 85.5 Å². The van der Waals surface area contributed by atoms with Crippen LogP contribution >= 0.6 is 0 Å². The highest BCUT2D eigenvalue weighted by Gasteiger charge is 1.95. The first-order chi connectivity index (χ1) is 5.50. The summed E-state index contributed by atoms with van der Waals surface area (Å²) >= 11 is 0. The molecule has 0 unspecified atom stereocenters. The average molecular weight is 186 g/mol. The first-order valence-electron chi connectivity index (χ1n) is 5.50. The predicted molar refractivity (Wildman–Crippen MR) is 64.2 cm³/mol. The van der Waals surface area contributed by atoms with Crippen molar-refractivity contribution >= 4 is 0 Å². The largest absolute Gasteiger partial charge is 0.0776 e. The van der Waals surface area contributed by atoms with E-state index >= 15 is 0 Å². The van der Waals surface area contributed by atoms with E-state index in [1.54, 1.807) is 0 Å². The lowest BCUT2D eigenvalue weighted by molar-refractivity contribution is 0.504. The monoisotopic (exact) mass is 186 g/mol. The van der Waals surface area contributed by atoms with Crippen LogP contribution in [0.25, 0.3) is 0 Å². The summed E-state index contributed by atoms with van der Waals surface area (Å²) in [5.41, 5.74) is 0. The minimum atomic E-state index is 0. The van der Waals surface area contributed by atoms with E-state index in [1.807, 2.05) is 0 Å². The summed E-state index contributed by atoms with van der Waals surface area (Å²) < 4.78 is 0. The van der Waals surface area contributed by atoms with Crippen molar-refractivity contribution in [3.8, 4) is 0 Å². The normalized spacial score (nSPS) is 20.3. The van der Waals surface area contributed by atoms with Gasteiger partial charge in [0, 0.05) is 0 Å². The molecule has 82 valence electrons. The van der Waals surface area contributed by atoms with Gasteiger partial charge in [-0.05, 0) is 0 Å². The molecule has 0 heterocycles. The fourth-order valence-electron chi connectivity index (χ4n) is 0.500. The van der Waals surface area contributed by atoms with Gasteiger partial charge in [0.15, 0.2) is 0 Å². The molecule has 3 fully saturated rings. The van der Waals surface area contributed by atoms with Crippen LogP contribution < -0.4 is 0 Å². The third kappa shape index (κ3) is 14.8. The van der Waals surface area contributed by atoms with Crippen LogP contribution in [0.4, 0.5) is 0 Å². The second kappa shape index (κ2) is 12.0. The Kier molecular flexibility index (Phi) is 14.3. The summed E-state index contributed by atoms with van der Waals surface area (Å²) in [5.74, 6) is 0. The Bertz CT molecular complexity index is 47.4. The van der Waals surface area contributed by atoms with Crippen molar-refractivity contribution in [2.75, 3.05) is 0 Å². The number of hydrogen-bond donors (Lipinski definition) is 0. The molecule has 0 bridgehead atoms. The lowest BCUT2D eigenvalue weighted by Crippen LogP contribution is -1.85. The smallest absolute Gasteiger partial charge is 0.0533 e. The molecule has 0 amide bonds. The molecule has 0 nitrogen and oxygen atoms in total. The Labute approximate surface area is 86.1 Å².